The SMILES string of the molecule is CC(C)(C)OC(=O)CN(CCOCCOCCOCCn1ccnc1[N+](=O)[O-])Cc1ccccn1. The third-order valence-electron chi connectivity index (χ3n) is 4.51. The van der Waals surface area contributed by atoms with Gasteiger partial charge in [-0.25, -0.2) is 4.57 Å². The van der Waals surface area contributed by atoms with Crippen LogP contribution < -0.4 is 0 Å². The lowest BCUT2D eigenvalue weighted by Gasteiger charge is -2.24. The molecule has 0 aliphatic heterocycles. The molecule has 194 valence electrons. The number of hydrogen-bond donors (Lipinski definition) is 0. The number of ether oxygens (including phenoxy) is 4. The lowest BCUT2D eigenvalue weighted by atomic mass is 10.2. The molecule has 2 rings (SSSR count). The Labute approximate surface area is 205 Å². The fourth-order valence-corrected chi connectivity index (χ4v) is 3.04. The molecule has 0 atom stereocenters. The van der Waals surface area contributed by atoms with E-state index >= 15 is 0 Å². The molecule has 0 N–H and O–H groups in total. The molecular formula is C23H35N5O7. The van der Waals surface area contributed by atoms with Gasteiger partial charge < -0.3 is 29.1 Å². The normalized spacial score (nSPS) is 11.7. The van der Waals surface area contributed by atoms with E-state index < -0.39 is 10.5 Å². The van der Waals surface area contributed by atoms with Crippen molar-refractivity contribution in [1.29, 1.82) is 0 Å². The van der Waals surface area contributed by atoms with Gasteiger partial charge >= 0.3 is 11.9 Å². The van der Waals surface area contributed by atoms with Crippen molar-refractivity contribution in [2.45, 2.75) is 39.5 Å². The number of hydrogen-bond acceptors (Lipinski definition) is 10. The highest BCUT2D eigenvalue weighted by Gasteiger charge is 2.19. The van der Waals surface area contributed by atoms with Crippen LogP contribution >= 0.6 is 0 Å². The molecule has 0 saturated carbocycles. The Morgan fingerprint density at radius 3 is 2.34 bits per heavy atom. The number of esters is 1. The van der Waals surface area contributed by atoms with Crippen molar-refractivity contribution in [3.63, 3.8) is 0 Å². The van der Waals surface area contributed by atoms with Crippen molar-refractivity contribution < 1.29 is 28.7 Å². The van der Waals surface area contributed by atoms with Gasteiger partial charge in [-0.05, 0) is 37.8 Å². The number of nitro groups is 1. The summed E-state index contributed by atoms with van der Waals surface area (Å²) >= 11 is 0. The van der Waals surface area contributed by atoms with Crippen molar-refractivity contribution >= 4 is 11.9 Å². The second kappa shape index (κ2) is 15.1. The van der Waals surface area contributed by atoms with Crippen LogP contribution in [0, 0.1) is 10.1 Å². The predicted molar refractivity (Wildman–Crippen MR) is 127 cm³/mol. The van der Waals surface area contributed by atoms with Crippen LogP contribution in [0.1, 0.15) is 26.5 Å². The molecule has 0 bridgehead atoms. The number of imidazole rings is 1. The van der Waals surface area contributed by atoms with Crippen LogP contribution in [0.2, 0.25) is 0 Å². The molecule has 0 fully saturated rings. The van der Waals surface area contributed by atoms with Crippen molar-refractivity contribution in [3.8, 4) is 0 Å². The van der Waals surface area contributed by atoms with Gasteiger partial charge in [0.1, 0.15) is 18.0 Å². The zero-order valence-electron chi connectivity index (χ0n) is 20.6. The third-order valence-corrected chi connectivity index (χ3v) is 4.51. The van der Waals surface area contributed by atoms with E-state index in [0.29, 0.717) is 59.3 Å². The maximum absolute atomic E-state index is 12.3. The Kier molecular flexibility index (Phi) is 12.2. The predicted octanol–water partition coefficient (Wildman–Crippen LogP) is 2.08. The summed E-state index contributed by atoms with van der Waals surface area (Å²) in [5, 5.41) is 10.8. The Morgan fingerprint density at radius 1 is 1.03 bits per heavy atom. The van der Waals surface area contributed by atoms with Crippen LogP contribution in [0.5, 0.6) is 0 Å². The van der Waals surface area contributed by atoms with Crippen LogP contribution in [0.4, 0.5) is 5.95 Å². The summed E-state index contributed by atoms with van der Waals surface area (Å²) in [6.45, 7) is 9.39. The van der Waals surface area contributed by atoms with Crippen LogP contribution in [0.25, 0.3) is 0 Å². The average Bonchev–Trinajstić information content (AvgIpc) is 3.25. The van der Waals surface area contributed by atoms with E-state index in [9.17, 15) is 14.9 Å². The maximum atomic E-state index is 12.3. The molecule has 2 heterocycles. The molecule has 12 nitrogen and oxygen atoms in total. The largest absolute Gasteiger partial charge is 0.459 e. The first kappa shape index (κ1) is 28.3. The van der Waals surface area contributed by atoms with Crippen molar-refractivity contribution in [2.24, 2.45) is 0 Å². The molecule has 0 aromatic carbocycles. The number of nitrogens with zero attached hydrogens (tertiary/aromatic N) is 5. The number of pyridine rings is 1. The van der Waals surface area contributed by atoms with E-state index in [4.69, 9.17) is 18.9 Å². The minimum absolute atomic E-state index is 0.146. The summed E-state index contributed by atoms with van der Waals surface area (Å²) in [4.78, 5) is 32.5. The van der Waals surface area contributed by atoms with Gasteiger partial charge in [0.2, 0.25) is 0 Å². The molecule has 0 amide bonds. The molecule has 0 unspecified atom stereocenters. The van der Waals surface area contributed by atoms with Crippen LogP contribution in [-0.2, 0) is 36.8 Å². The number of carbonyl (C=O) groups excluding carboxylic acids is 1. The smallest absolute Gasteiger partial charge is 0.434 e. The summed E-state index contributed by atoms with van der Waals surface area (Å²) in [6.07, 6.45) is 4.65. The molecule has 2 aromatic rings. The maximum Gasteiger partial charge on any atom is 0.434 e. The van der Waals surface area contributed by atoms with Gasteiger partial charge in [0.15, 0.2) is 0 Å². The number of rotatable bonds is 17. The second-order valence-electron chi connectivity index (χ2n) is 8.63. The summed E-state index contributed by atoms with van der Waals surface area (Å²) in [5.41, 5.74) is 0.324. The molecule has 0 aliphatic rings. The van der Waals surface area contributed by atoms with E-state index in [2.05, 4.69) is 9.97 Å². The van der Waals surface area contributed by atoms with Gasteiger partial charge in [-0.3, -0.25) is 14.7 Å². The Balaban J connectivity index is 1.57. The quantitative estimate of drug-likeness (QED) is 0.140. The molecule has 12 heteroatoms. The monoisotopic (exact) mass is 493 g/mol. The average molecular weight is 494 g/mol. The molecular weight excluding hydrogens is 458 g/mol. The highest BCUT2D eigenvalue weighted by molar-refractivity contribution is 5.72. The van der Waals surface area contributed by atoms with Crippen molar-refractivity contribution in [1.82, 2.24) is 19.4 Å². The van der Waals surface area contributed by atoms with E-state index in [1.165, 1.54) is 10.8 Å². The lowest BCUT2D eigenvalue weighted by Crippen LogP contribution is -2.36. The molecule has 0 radical (unpaired) electrons. The highest BCUT2D eigenvalue weighted by Crippen LogP contribution is 2.09. The fraction of sp³-hybridized carbons (Fsp3) is 0.609. The zero-order chi connectivity index (χ0) is 25.5. The van der Waals surface area contributed by atoms with Gasteiger partial charge in [0.05, 0.1) is 58.4 Å². The highest BCUT2D eigenvalue weighted by atomic mass is 16.6. The van der Waals surface area contributed by atoms with Gasteiger partial charge in [-0.15, -0.1) is 0 Å². The summed E-state index contributed by atoms with van der Waals surface area (Å²) in [5.74, 6) is -0.494. The number of aromatic nitrogens is 3. The third kappa shape index (κ3) is 12.4. The topological polar surface area (TPSA) is 131 Å². The first-order chi connectivity index (χ1) is 16.7. The van der Waals surface area contributed by atoms with E-state index in [1.54, 1.807) is 12.4 Å². The minimum atomic E-state index is -0.539. The van der Waals surface area contributed by atoms with E-state index in [-0.39, 0.29) is 18.5 Å². The van der Waals surface area contributed by atoms with Crippen LogP contribution in [-0.4, -0.2) is 88.7 Å². The van der Waals surface area contributed by atoms with Crippen LogP contribution in [0.3, 0.4) is 0 Å². The van der Waals surface area contributed by atoms with Crippen molar-refractivity contribution in [3.05, 3.63) is 52.6 Å². The summed E-state index contributed by atoms with van der Waals surface area (Å²) < 4.78 is 23.4. The second-order valence-corrected chi connectivity index (χ2v) is 8.63. The van der Waals surface area contributed by atoms with Gasteiger partial charge in [-0.1, -0.05) is 11.1 Å². The van der Waals surface area contributed by atoms with E-state index in [0.717, 1.165) is 5.69 Å². The van der Waals surface area contributed by atoms with Gasteiger partial charge in [-0.2, -0.15) is 0 Å². The van der Waals surface area contributed by atoms with Crippen molar-refractivity contribution in [2.75, 3.05) is 52.7 Å². The Morgan fingerprint density at radius 2 is 1.71 bits per heavy atom. The Bertz CT molecular complexity index is 886. The number of carbonyl (C=O) groups is 1. The zero-order valence-corrected chi connectivity index (χ0v) is 20.6. The lowest BCUT2D eigenvalue weighted by molar-refractivity contribution is -0.396. The molecule has 0 aliphatic carbocycles. The first-order valence-corrected chi connectivity index (χ1v) is 11.5. The van der Waals surface area contributed by atoms with Gasteiger partial charge in [0.25, 0.3) is 0 Å². The Hall–Kier alpha value is -2.93. The fourth-order valence-electron chi connectivity index (χ4n) is 3.04. The summed E-state index contributed by atoms with van der Waals surface area (Å²) in [7, 11) is 0. The molecule has 0 saturated heterocycles. The molecule has 35 heavy (non-hydrogen) atoms. The minimum Gasteiger partial charge on any atom is -0.459 e. The van der Waals surface area contributed by atoms with E-state index in [1.807, 2.05) is 43.9 Å². The molecule has 2 aromatic heterocycles. The van der Waals surface area contributed by atoms with Crippen LogP contribution in [0.15, 0.2) is 36.8 Å². The van der Waals surface area contributed by atoms with Gasteiger partial charge in [0, 0.05) is 19.3 Å². The first-order valence-electron chi connectivity index (χ1n) is 11.5. The summed E-state index contributed by atoms with van der Waals surface area (Å²) in [6, 6.07) is 5.67. The standard InChI is InChI=1S/C23H35N5O7/c1-23(2,3)35-21(29)19-26(18-20-6-4-5-7-24-20)10-12-32-14-16-34-17-15-33-13-11-27-9-8-25-22(27)28(30)31/h4-9H,10-19H2,1-3H3. The molecule has 0 spiro atoms.